The molecule has 0 saturated carbocycles. The summed E-state index contributed by atoms with van der Waals surface area (Å²) >= 11 is 7.20. The van der Waals surface area contributed by atoms with Gasteiger partial charge in [0.05, 0.1) is 5.69 Å². The van der Waals surface area contributed by atoms with Gasteiger partial charge in [-0.3, -0.25) is 9.59 Å². The molecule has 7 heteroatoms. The Morgan fingerprint density at radius 2 is 1.72 bits per heavy atom. The zero-order valence-corrected chi connectivity index (χ0v) is 18.1. The van der Waals surface area contributed by atoms with Crippen LogP contribution >= 0.6 is 22.9 Å². The largest absolute Gasteiger partial charge is 0.352 e. The average molecular weight is 428 g/mol. The Kier molecular flexibility index (Phi) is 6.67. The highest BCUT2D eigenvalue weighted by atomic mass is 35.5. The van der Waals surface area contributed by atoms with Crippen LogP contribution in [0.5, 0.6) is 0 Å². The van der Waals surface area contributed by atoms with Crippen LogP contribution in [0.4, 0.5) is 5.13 Å². The predicted molar refractivity (Wildman–Crippen MR) is 119 cm³/mol. The minimum atomic E-state index is -0.240. The first kappa shape index (κ1) is 21.0. The Hall–Kier alpha value is -2.70. The van der Waals surface area contributed by atoms with Crippen LogP contribution in [0, 0.1) is 20.8 Å². The molecule has 1 aromatic heterocycles. The van der Waals surface area contributed by atoms with Gasteiger partial charge in [-0.25, -0.2) is 4.98 Å². The lowest BCUT2D eigenvalue weighted by Gasteiger charge is -2.08. The number of thiazole rings is 1. The van der Waals surface area contributed by atoms with Gasteiger partial charge in [0, 0.05) is 34.5 Å². The van der Waals surface area contributed by atoms with Crippen molar-refractivity contribution in [3.05, 3.63) is 69.1 Å². The quantitative estimate of drug-likeness (QED) is 0.571. The number of halogens is 1. The number of aryl methyl sites for hydroxylation is 3. The van der Waals surface area contributed by atoms with E-state index < -0.39 is 0 Å². The summed E-state index contributed by atoms with van der Waals surface area (Å²) in [5.74, 6) is -0.434. The van der Waals surface area contributed by atoms with Gasteiger partial charge in [-0.1, -0.05) is 29.3 Å². The molecule has 0 aliphatic rings. The number of nitrogens with zero attached hydrogens (tertiary/aromatic N) is 1. The van der Waals surface area contributed by atoms with Gasteiger partial charge in [0.15, 0.2) is 5.13 Å². The standard InChI is InChI=1S/C22H22ClN3O2S/c1-13-10-14(2)20(15(3)11-13)18-12-29-22(25-18)26-19(27)8-9-24-21(28)16-4-6-17(23)7-5-16/h4-7,10-12H,8-9H2,1-3H3,(H,24,28)(H,25,26,27). The molecule has 150 valence electrons. The highest BCUT2D eigenvalue weighted by molar-refractivity contribution is 7.14. The molecule has 5 nitrogen and oxygen atoms in total. The van der Waals surface area contributed by atoms with Gasteiger partial charge in [0.2, 0.25) is 5.91 Å². The van der Waals surface area contributed by atoms with Crippen molar-refractivity contribution in [2.24, 2.45) is 0 Å². The van der Waals surface area contributed by atoms with Crippen LogP contribution in [0.15, 0.2) is 41.8 Å². The number of hydrogen-bond acceptors (Lipinski definition) is 4. The molecular formula is C22H22ClN3O2S. The molecule has 0 saturated heterocycles. The van der Waals surface area contributed by atoms with Gasteiger partial charge in [0.25, 0.3) is 5.91 Å². The topological polar surface area (TPSA) is 71.1 Å². The number of aromatic nitrogens is 1. The second-order valence-electron chi connectivity index (χ2n) is 6.87. The molecule has 0 aliphatic carbocycles. The third-order valence-electron chi connectivity index (χ3n) is 4.43. The van der Waals surface area contributed by atoms with Gasteiger partial charge in [-0.05, 0) is 56.2 Å². The smallest absolute Gasteiger partial charge is 0.251 e. The minimum Gasteiger partial charge on any atom is -0.352 e. The van der Waals surface area contributed by atoms with Crippen LogP contribution in [-0.4, -0.2) is 23.3 Å². The molecule has 0 aliphatic heterocycles. The van der Waals surface area contributed by atoms with Crippen molar-refractivity contribution in [2.45, 2.75) is 27.2 Å². The Morgan fingerprint density at radius 3 is 2.38 bits per heavy atom. The van der Waals surface area contributed by atoms with Crippen LogP contribution in [0.3, 0.4) is 0 Å². The Balaban J connectivity index is 1.54. The summed E-state index contributed by atoms with van der Waals surface area (Å²) in [5, 5.41) is 8.60. The summed E-state index contributed by atoms with van der Waals surface area (Å²) in [6.45, 7) is 6.44. The van der Waals surface area contributed by atoms with E-state index in [1.54, 1.807) is 24.3 Å². The summed E-state index contributed by atoms with van der Waals surface area (Å²) in [7, 11) is 0. The Morgan fingerprint density at radius 1 is 1.07 bits per heavy atom. The number of amides is 2. The lowest BCUT2D eigenvalue weighted by molar-refractivity contribution is -0.116. The summed E-state index contributed by atoms with van der Waals surface area (Å²) in [6, 6.07) is 10.8. The van der Waals surface area contributed by atoms with E-state index >= 15 is 0 Å². The summed E-state index contributed by atoms with van der Waals surface area (Å²) < 4.78 is 0. The third kappa shape index (κ3) is 5.43. The molecule has 29 heavy (non-hydrogen) atoms. The van der Waals surface area contributed by atoms with Crippen LogP contribution < -0.4 is 10.6 Å². The lowest BCUT2D eigenvalue weighted by Crippen LogP contribution is -2.27. The van der Waals surface area contributed by atoms with Crippen LogP contribution in [0.25, 0.3) is 11.3 Å². The normalized spacial score (nSPS) is 10.6. The molecule has 0 fully saturated rings. The molecule has 1 heterocycles. The number of benzene rings is 2. The maximum absolute atomic E-state index is 12.2. The van der Waals surface area contributed by atoms with Crippen molar-refractivity contribution in [1.29, 1.82) is 0 Å². The van der Waals surface area contributed by atoms with Crippen molar-refractivity contribution in [3.8, 4) is 11.3 Å². The van der Waals surface area contributed by atoms with Gasteiger partial charge < -0.3 is 10.6 Å². The average Bonchev–Trinajstić information content (AvgIpc) is 3.09. The fourth-order valence-corrected chi connectivity index (χ4v) is 4.05. The van der Waals surface area contributed by atoms with E-state index in [0.717, 1.165) is 22.4 Å². The summed E-state index contributed by atoms with van der Waals surface area (Å²) in [6.07, 6.45) is 0.164. The highest BCUT2D eigenvalue weighted by Gasteiger charge is 2.13. The van der Waals surface area contributed by atoms with E-state index in [4.69, 9.17) is 11.6 Å². The van der Waals surface area contributed by atoms with Crippen molar-refractivity contribution in [3.63, 3.8) is 0 Å². The maximum atomic E-state index is 12.2. The van der Waals surface area contributed by atoms with Gasteiger partial charge in [-0.15, -0.1) is 11.3 Å². The Labute approximate surface area is 179 Å². The molecule has 0 spiro atoms. The molecule has 0 radical (unpaired) electrons. The number of hydrogen-bond donors (Lipinski definition) is 2. The first-order chi connectivity index (χ1) is 13.8. The fraction of sp³-hybridized carbons (Fsp3) is 0.227. The molecular weight excluding hydrogens is 406 g/mol. The summed E-state index contributed by atoms with van der Waals surface area (Å²) in [5.41, 5.74) is 6.00. The second-order valence-corrected chi connectivity index (χ2v) is 8.17. The number of nitrogens with one attached hydrogen (secondary N) is 2. The van der Waals surface area contributed by atoms with Crippen LogP contribution in [-0.2, 0) is 4.79 Å². The maximum Gasteiger partial charge on any atom is 0.251 e. The van der Waals surface area contributed by atoms with E-state index in [0.29, 0.717) is 15.7 Å². The molecule has 0 bridgehead atoms. The van der Waals surface area contributed by atoms with Gasteiger partial charge >= 0.3 is 0 Å². The van der Waals surface area contributed by atoms with E-state index in [-0.39, 0.29) is 24.8 Å². The van der Waals surface area contributed by atoms with Crippen molar-refractivity contribution in [1.82, 2.24) is 10.3 Å². The molecule has 2 amide bonds. The monoisotopic (exact) mass is 427 g/mol. The molecule has 3 rings (SSSR count). The molecule has 2 aromatic carbocycles. The predicted octanol–water partition coefficient (Wildman–Crippen LogP) is 5.15. The van der Waals surface area contributed by atoms with Gasteiger partial charge in [-0.2, -0.15) is 0 Å². The first-order valence-electron chi connectivity index (χ1n) is 9.21. The van der Waals surface area contributed by atoms with E-state index in [1.807, 2.05) is 5.38 Å². The number of anilines is 1. The number of carbonyl (C=O) groups is 2. The summed E-state index contributed by atoms with van der Waals surface area (Å²) in [4.78, 5) is 28.8. The van der Waals surface area contributed by atoms with Crippen LogP contribution in [0.2, 0.25) is 5.02 Å². The van der Waals surface area contributed by atoms with Crippen molar-refractivity contribution in [2.75, 3.05) is 11.9 Å². The minimum absolute atomic E-state index is 0.164. The van der Waals surface area contributed by atoms with E-state index in [2.05, 4.69) is 48.5 Å². The van der Waals surface area contributed by atoms with Gasteiger partial charge in [0.1, 0.15) is 0 Å². The fourth-order valence-electron chi connectivity index (χ4n) is 3.20. The lowest BCUT2D eigenvalue weighted by atomic mass is 9.98. The molecule has 3 aromatic rings. The van der Waals surface area contributed by atoms with E-state index in [1.165, 1.54) is 16.9 Å². The molecule has 2 N–H and O–H groups in total. The zero-order chi connectivity index (χ0) is 21.0. The SMILES string of the molecule is Cc1cc(C)c(-c2csc(NC(=O)CCNC(=O)c3ccc(Cl)cc3)n2)c(C)c1. The highest BCUT2D eigenvalue weighted by Crippen LogP contribution is 2.31. The van der Waals surface area contributed by atoms with E-state index in [9.17, 15) is 9.59 Å². The molecule has 0 atom stereocenters. The second kappa shape index (κ2) is 9.20. The first-order valence-corrected chi connectivity index (χ1v) is 10.5. The molecule has 0 unspecified atom stereocenters. The van der Waals surface area contributed by atoms with Crippen LogP contribution in [0.1, 0.15) is 33.5 Å². The number of rotatable bonds is 6. The number of carbonyl (C=O) groups excluding carboxylic acids is 2. The third-order valence-corrected chi connectivity index (χ3v) is 5.44. The van der Waals surface area contributed by atoms with Crippen molar-refractivity contribution >= 4 is 39.9 Å². The Bertz CT molecular complexity index is 1020. The van der Waals surface area contributed by atoms with Crippen molar-refractivity contribution < 1.29 is 9.59 Å². The zero-order valence-electron chi connectivity index (χ0n) is 16.5.